The molecular weight excluding hydrogens is 128 g/mol. The highest BCUT2D eigenvalue weighted by atomic mass is 15.1. The van der Waals surface area contributed by atoms with Crippen molar-refractivity contribution in [3.05, 3.63) is 0 Å². The molecule has 1 unspecified atom stereocenters. The lowest BCUT2D eigenvalue weighted by Gasteiger charge is -2.08. The zero-order valence-electron chi connectivity index (χ0n) is 5.70. The van der Waals surface area contributed by atoms with Crippen LogP contribution in [0, 0.1) is 11.3 Å². The lowest BCUT2D eigenvalue weighted by atomic mass is 10.1. The SMILES string of the molecule is CCC1(C#N)N=CC(N)=N1. The third-order valence-corrected chi connectivity index (χ3v) is 1.40. The summed E-state index contributed by atoms with van der Waals surface area (Å²) in [5.74, 6) is 0.336. The molecule has 1 heterocycles. The van der Waals surface area contributed by atoms with Gasteiger partial charge in [-0.05, 0) is 0 Å². The average Bonchev–Trinajstić information content (AvgIpc) is 2.33. The lowest BCUT2D eigenvalue weighted by molar-refractivity contribution is 0.566. The van der Waals surface area contributed by atoms with Crippen LogP contribution in [-0.4, -0.2) is 17.7 Å². The molecule has 0 radical (unpaired) electrons. The van der Waals surface area contributed by atoms with Gasteiger partial charge in [0.05, 0.1) is 6.21 Å². The highest BCUT2D eigenvalue weighted by Gasteiger charge is 2.28. The Morgan fingerprint density at radius 2 is 2.60 bits per heavy atom. The Morgan fingerprint density at radius 3 is 2.80 bits per heavy atom. The first-order valence-corrected chi connectivity index (χ1v) is 3.04. The zero-order chi connectivity index (χ0) is 7.61. The Hall–Kier alpha value is -1.37. The maximum absolute atomic E-state index is 8.61. The Kier molecular flexibility index (Phi) is 1.42. The monoisotopic (exact) mass is 136 g/mol. The number of hydrogen-bond donors (Lipinski definition) is 1. The normalized spacial score (nSPS) is 29.8. The minimum absolute atomic E-state index is 0.336. The van der Waals surface area contributed by atoms with Gasteiger partial charge in [0, 0.05) is 6.42 Å². The fraction of sp³-hybridized carbons (Fsp3) is 0.500. The van der Waals surface area contributed by atoms with Gasteiger partial charge in [-0.15, -0.1) is 0 Å². The van der Waals surface area contributed by atoms with E-state index >= 15 is 0 Å². The molecule has 1 aliphatic heterocycles. The molecule has 0 fully saturated rings. The average molecular weight is 136 g/mol. The molecule has 4 nitrogen and oxygen atoms in total. The topological polar surface area (TPSA) is 74.5 Å². The van der Waals surface area contributed by atoms with E-state index in [0.717, 1.165) is 0 Å². The summed E-state index contributed by atoms with van der Waals surface area (Å²) in [4.78, 5) is 7.74. The molecular formula is C6H8N4. The molecule has 1 aliphatic rings. The molecule has 0 bridgehead atoms. The van der Waals surface area contributed by atoms with Crippen LogP contribution in [0.5, 0.6) is 0 Å². The Balaban J connectivity index is 2.93. The van der Waals surface area contributed by atoms with Gasteiger partial charge in [-0.25, -0.2) is 9.98 Å². The molecule has 10 heavy (non-hydrogen) atoms. The third kappa shape index (κ3) is 0.860. The summed E-state index contributed by atoms with van der Waals surface area (Å²) >= 11 is 0. The second kappa shape index (κ2) is 2.10. The molecule has 2 N–H and O–H groups in total. The van der Waals surface area contributed by atoms with E-state index in [9.17, 15) is 0 Å². The van der Waals surface area contributed by atoms with Crippen LogP contribution < -0.4 is 5.73 Å². The molecule has 0 aromatic rings. The van der Waals surface area contributed by atoms with Crippen LogP contribution in [0.3, 0.4) is 0 Å². The third-order valence-electron chi connectivity index (χ3n) is 1.40. The molecule has 0 saturated heterocycles. The van der Waals surface area contributed by atoms with E-state index in [-0.39, 0.29) is 0 Å². The van der Waals surface area contributed by atoms with Crippen LogP contribution in [0.15, 0.2) is 9.98 Å². The van der Waals surface area contributed by atoms with Gasteiger partial charge in [0.2, 0.25) is 5.66 Å². The predicted octanol–water partition coefficient (Wildman–Crippen LogP) is 0.0579. The van der Waals surface area contributed by atoms with Gasteiger partial charge in [0.15, 0.2) is 0 Å². The lowest BCUT2D eigenvalue weighted by Crippen LogP contribution is -2.18. The molecule has 0 aromatic carbocycles. The quantitative estimate of drug-likeness (QED) is 0.553. The highest BCUT2D eigenvalue weighted by Crippen LogP contribution is 2.18. The molecule has 0 saturated carbocycles. The standard InChI is InChI=1S/C6H8N4/c1-2-6(4-7)9-3-5(8)10-6/h3H,2H2,1H3,(H2,8,10). The van der Waals surface area contributed by atoms with E-state index in [4.69, 9.17) is 11.0 Å². The fourth-order valence-corrected chi connectivity index (χ4v) is 0.747. The second-order valence-corrected chi connectivity index (χ2v) is 2.08. The smallest absolute Gasteiger partial charge is 0.238 e. The maximum atomic E-state index is 8.61. The fourth-order valence-electron chi connectivity index (χ4n) is 0.747. The molecule has 0 spiro atoms. The van der Waals surface area contributed by atoms with E-state index in [1.165, 1.54) is 6.21 Å². The van der Waals surface area contributed by atoms with Crippen molar-refractivity contribution in [3.63, 3.8) is 0 Å². The van der Waals surface area contributed by atoms with Crippen molar-refractivity contribution in [2.45, 2.75) is 19.0 Å². The summed E-state index contributed by atoms with van der Waals surface area (Å²) in [7, 11) is 0. The van der Waals surface area contributed by atoms with Crippen LogP contribution in [0.2, 0.25) is 0 Å². The Bertz CT molecular complexity index is 235. The number of rotatable bonds is 1. The molecule has 0 aromatic heterocycles. The predicted molar refractivity (Wildman–Crippen MR) is 38.7 cm³/mol. The van der Waals surface area contributed by atoms with E-state index in [0.29, 0.717) is 12.3 Å². The van der Waals surface area contributed by atoms with Crippen LogP contribution in [-0.2, 0) is 0 Å². The maximum Gasteiger partial charge on any atom is 0.238 e. The summed E-state index contributed by atoms with van der Waals surface area (Å²) in [5, 5.41) is 8.61. The van der Waals surface area contributed by atoms with Gasteiger partial charge in [0.1, 0.15) is 11.9 Å². The first kappa shape index (κ1) is 6.75. The van der Waals surface area contributed by atoms with Gasteiger partial charge >= 0.3 is 0 Å². The number of nitrogens with two attached hydrogens (primary N) is 1. The van der Waals surface area contributed by atoms with Crippen LogP contribution in [0.4, 0.5) is 0 Å². The molecule has 1 atom stereocenters. The van der Waals surface area contributed by atoms with Crippen molar-refractivity contribution in [2.24, 2.45) is 15.7 Å². The molecule has 1 rings (SSSR count). The Morgan fingerprint density at radius 1 is 1.90 bits per heavy atom. The van der Waals surface area contributed by atoms with Gasteiger partial charge in [-0.2, -0.15) is 5.26 Å². The number of hydrogen-bond acceptors (Lipinski definition) is 4. The van der Waals surface area contributed by atoms with Gasteiger partial charge < -0.3 is 5.73 Å². The van der Waals surface area contributed by atoms with E-state index in [1.54, 1.807) is 0 Å². The van der Waals surface area contributed by atoms with Crippen molar-refractivity contribution in [1.29, 1.82) is 5.26 Å². The first-order chi connectivity index (χ1) is 4.72. The highest BCUT2D eigenvalue weighted by molar-refractivity contribution is 6.30. The number of nitriles is 1. The van der Waals surface area contributed by atoms with E-state index in [2.05, 4.69) is 9.98 Å². The molecule has 4 heteroatoms. The van der Waals surface area contributed by atoms with Gasteiger partial charge in [0.25, 0.3) is 0 Å². The van der Waals surface area contributed by atoms with E-state index in [1.807, 2.05) is 13.0 Å². The van der Waals surface area contributed by atoms with Crippen molar-refractivity contribution >= 4 is 12.1 Å². The molecule has 0 amide bonds. The minimum Gasteiger partial charge on any atom is -0.383 e. The number of nitrogens with zero attached hydrogens (tertiary/aromatic N) is 3. The summed E-state index contributed by atoms with van der Waals surface area (Å²) in [6.45, 7) is 1.85. The first-order valence-electron chi connectivity index (χ1n) is 3.04. The van der Waals surface area contributed by atoms with Crippen molar-refractivity contribution in [3.8, 4) is 6.07 Å². The van der Waals surface area contributed by atoms with Gasteiger partial charge in [-0.1, -0.05) is 6.92 Å². The van der Waals surface area contributed by atoms with Crippen molar-refractivity contribution < 1.29 is 0 Å². The van der Waals surface area contributed by atoms with E-state index < -0.39 is 5.66 Å². The van der Waals surface area contributed by atoms with Gasteiger partial charge in [-0.3, -0.25) is 0 Å². The molecule has 52 valence electrons. The zero-order valence-corrected chi connectivity index (χ0v) is 5.70. The second-order valence-electron chi connectivity index (χ2n) is 2.08. The van der Waals surface area contributed by atoms with Crippen LogP contribution in [0.25, 0.3) is 0 Å². The largest absolute Gasteiger partial charge is 0.383 e. The van der Waals surface area contributed by atoms with Crippen LogP contribution >= 0.6 is 0 Å². The summed E-state index contributed by atoms with van der Waals surface area (Å²) < 4.78 is 0. The number of amidine groups is 1. The summed E-state index contributed by atoms with van der Waals surface area (Å²) in [6, 6.07) is 1.99. The summed E-state index contributed by atoms with van der Waals surface area (Å²) in [6.07, 6.45) is 1.99. The Labute approximate surface area is 59.1 Å². The van der Waals surface area contributed by atoms with Crippen molar-refractivity contribution in [1.82, 2.24) is 0 Å². The molecule has 0 aliphatic carbocycles. The number of aliphatic imine (C=N–C) groups is 2. The summed E-state index contributed by atoms with van der Waals surface area (Å²) in [5.41, 5.74) is 4.40. The minimum atomic E-state index is -0.913. The van der Waals surface area contributed by atoms with Crippen LogP contribution in [0.1, 0.15) is 13.3 Å². The van der Waals surface area contributed by atoms with Crippen molar-refractivity contribution in [2.75, 3.05) is 0 Å².